The molecule has 0 saturated carbocycles. The molecule has 2 unspecified atom stereocenters. The van der Waals surface area contributed by atoms with Crippen LogP contribution in [-0.2, 0) is 13.0 Å². The summed E-state index contributed by atoms with van der Waals surface area (Å²) in [7, 11) is 0. The molecule has 3 nitrogen and oxygen atoms in total. The summed E-state index contributed by atoms with van der Waals surface area (Å²) < 4.78 is 0. The first-order valence-corrected chi connectivity index (χ1v) is 5.97. The van der Waals surface area contributed by atoms with E-state index in [-0.39, 0.29) is 0 Å². The standard InChI is InChI=1S/C13H17N3/c1-9-7-12-11(8-14-9)13(16-15-12)10-5-3-2-4-6-10/h2-5,9-10,14H,6-8H2,1H3,(H,15,16). The van der Waals surface area contributed by atoms with E-state index >= 15 is 0 Å². The average molecular weight is 215 g/mol. The number of fused-ring (bicyclic) bond motifs is 1. The van der Waals surface area contributed by atoms with E-state index in [1.165, 1.54) is 17.0 Å². The van der Waals surface area contributed by atoms with Crippen LogP contribution in [0.2, 0.25) is 0 Å². The average Bonchev–Trinajstić information content (AvgIpc) is 2.73. The van der Waals surface area contributed by atoms with Gasteiger partial charge < -0.3 is 5.32 Å². The fourth-order valence-corrected chi connectivity index (χ4v) is 2.53. The maximum Gasteiger partial charge on any atom is 0.0741 e. The Morgan fingerprint density at radius 2 is 2.31 bits per heavy atom. The second kappa shape index (κ2) is 3.91. The number of hydrogen-bond acceptors (Lipinski definition) is 2. The van der Waals surface area contributed by atoms with Crippen LogP contribution in [-0.4, -0.2) is 16.2 Å². The van der Waals surface area contributed by atoms with E-state index in [2.05, 4.69) is 46.7 Å². The molecule has 1 aliphatic heterocycles. The fraction of sp³-hybridized carbons (Fsp3) is 0.462. The lowest BCUT2D eigenvalue weighted by atomic mass is 9.91. The third-order valence-electron chi connectivity index (χ3n) is 3.45. The van der Waals surface area contributed by atoms with Crippen molar-refractivity contribution >= 4 is 0 Å². The number of allylic oxidation sites excluding steroid dienone is 4. The summed E-state index contributed by atoms with van der Waals surface area (Å²) in [5, 5.41) is 11.2. The zero-order chi connectivity index (χ0) is 11.0. The van der Waals surface area contributed by atoms with Gasteiger partial charge in [0.1, 0.15) is 0 Å². The number of hydrogen-bond donors (Lipinski definition) is 2. The van der Waals surface area contributed by atoms with Gasteiger partial charge in [-0.2, -0.15) is 5.10 Å². The van der Waals surface area contributed by atoms with Crippen molar-refractivity contribution in [1.82, 2.24) is 15.5 Å². The van der Waals surface area contributed by atoms with Gasteiger partial charge >= 0.3 is 0 Å². The van der Waals surface area contributed by atoms with Gasteiger partial charge in [-0.1, -0.05) is 24.3 Å². The van der Waals surface area contributed by atoms with Gasteiger partial charge in [-0.25, -0.2) is 0 Å². The number of rotatable bonds is 1. The number of aromatic amines is 1. The maximum atomic E-state index is 4.51. The predicted octanol–water partition coefficient (Wildman–Crippen LogP) is 2.04. The van der Waals surface area contributed by atoms with Crippen LogP contribution in [0.15, 0.2) is 24.3 Å². The smallest absolute Gasteiger partial charge is 0.0741 e. The predicted molar refractivity (Wildman–Crippen MR) is 64.2 cm³/mol. The molecule has 0 radical (unpaired) electrons. The molecule has 0 amide bonds. The molecule has 2 atom stereocenters. The molecule has 0 spiro atoms. The Morgan fingerprint density at radius 3 is 3.12 bits per heavy atom. The van der Waals surface area contributed by atoms with Crippen molar-refractivity contribution in [1.29, 1.82) is 0 Å². The molecule has 84 valence electrons. The molecule has 1 aliphatic carbocycles. The minimum atomic E-state index is 0.459. The van der Waals surface area contributed by atoms with E-state index in [1.54, 1.807) is 0 Å². The van der Waals surface area contributed by atoms with Gasteiger partial charge in [-0.05, 0) is 13.3 Å². The Morgan fingerprint density at radius 1 is 1.38 bits per heavy atom. The van der Waals surface area contributed by atoms with Crippen LogP contribution in [0.4, 0.5) is 0 Å². The molecule has 1 aromatic rings. The Kier molecular flexibility index (Phi) is 2.40. The van der Waals surface area contributed by atoms with E-state index in [0.29, 0.717) is 12.0 Å². The highest BCUT2D eigenvalue weighted by Gasteiger charge is 2.23. The second-order valence-corrected chi connectivity index (χ2v) is 4.71. The van der Waals surface area contributed by atoms with Crippen LogP contribution in [0.5, 0.6) is 0 Å². The topological polar surface area (TPSA) is 40.7 Å². The first-order valence-electron chi connectivity index (χ1n) is 5.97. The van der Waals surface area contributed by atoms with Crippen molar-refractivity contribution in [3.63, 3.8) is 0 Å². The third kappa shape index (κ3) is 1.61. The molecule has 3 rings (SSSR count). The van der Waals surface area contributed by atoms with Crippen LogP contribution in [0.3, 0.4) is 0 Å². The lowest BCUT2D eigenvalue weighted by Gasteiger charge is -2.21. The van der Waals surface area contributed by atoms with Crippen LogP contribution >= 0.6 is 0 Å². The molecule has 0 aromatic carbocycles. The molecule has 2 aliphatic rings. The van der Waals surface area contributed by atoms with Crippen molar-refractivity contribution in [2.45, 2.75) is 38.3 Å². The minimum absolute atomic E-state index is 0.459. The van der Waals surface area contributed by atoms with Crippen molar-refractivity contribution in [2.75, 3.05) is 0 Å². The second-order valence-electron chi connectivity index (χ2n) is 4.71. The number of H-pyrrole nitrogens is 1. The van der Waals surface area contributed by atoms with Crippen LogP contribution in [0.25, 0.3) is 0 Å². The van der Waals surface area contributed by atoms with Crippen molar-refractivity contribution in [3.8, 4) is 0 Å². The first kappa shape index (κ1) is 9.85. The maximum absolute atomic E-state index is 4.51. The first-order chi connectivity index (χ1) is 7.84. The molecule has 2 heterocycles. The van der Waals surface area contributed by atoms with E-state index in [1.807, 2.05) is 0 Å². The van der Waals surface area contributed by atoms with Gasteiger partial charge in [-0.3, -0.25) is 5.10 Å². The molecule has 1 aromatic heterocycles. The molecule has 0 fully saturated rings. The fourth-order valence-electron chi connectivity index (χ4n) is 2.53. The third-order valence-corrected chi connectivity index (χ3v) is 3.45. The molecular formula is C13H17N3. The Balaban J connectivity index is 1.91. The normalized spacial score (nSPS) is 28.1. The lowest BCUT2D eigenvalue weighted by molar-refractivity contribution is 0.506. The molecule has 0 bridgehead atoms. The van der Waals surface area contributed by atoms with Gasteiger partial charge in [0.25, 0.3) is 0 Å². The van der Waals surface area contributed by atoms with Gasteiger partial charge in [0, 0.05) is 36.2 Å². The lowest BCUT2D eigenvalue weighted by Crippen LogP contribution is -2.33. The molecule has 3 heteroatoms. The van der Waals surface area contributed by atoms with Crippen LogP contribution < -0.4 is 5.32 Å². The molecule has 16 heavy (non-hydrogen) atoms. The van der Waals surface area contributed by atoms with E-state index in [9.17, 15) is 0 Å². The van der Waals surface area contributed by atoms with Gasteiger partial charge in [0.2, 0.25) is 0 Å². The van der Waals surface area contributed by atoms with Crippen molar-refractivity contribution in [3.05, 3.63) is 41.3 Å². The zero-order valence-electron chi connectivity index (χ0n) is 9.53. The van der Waals surface area contributed by atoms with Gasteiger partial charge in [-0.15, -0.1) is 0 Å². The number of nitrogens with one attached hydrogen (secondary N) is 2. The van der Waals surface area contributed by atoms with E-state index in [0.717, 1.165) is 19.4 Å². The summed E-state index contributed by atoms with van der Waals surface area (Å²) >= 11 is 0. The van der Waals surface area contributed by atoms with Crippen LogP contribution in [0, 0.1) is 0 Å². The molecule has 2 N–H and O–H groups in total. The highest BCUT2D eigenvalue weighted by atomic mass is 15.1. The summed E-state index contributed by atoms with van der Waals surface area (Å²) in [5.74, 6) is 0.459. The summed E-state index contributed by atoms with van der Waals surface area (Å²) in [6.07, 6.45) is 10.8. The van der Waals surface area contributed by atoms with E-state index < -0.39 is 0 Å². The Bertz CT molecular complexity index is 442. The number of aromatic nitrogens is 2. The highest BCUT2D eigenvalue weighted by molar-refractivity contribution is 5.34. The summed E-state index contributed by atoms with van der Waals surface area (Å²) in [5.41, 5.74) is 3.95. The Labute approximate surface area is 95.6 Å². The summed E-state index contributed by atoms with van der Waals surface area (Å²) in [4.78, 5) is 0. The quantitative estimate of drug-likeness (QED) is 0.752. The van der Waals surface area contributed by atoms with E-state index in [4.69, 9.17) is 0 Å². The minimum Gasteiger partial charge on any atom is -0.310 e. The highest BCUT2D eigenvalue weighted by Crippen LogP contribution is 2.29. The van der Waals surface area contributed by atoms with Gasteiger partial charge in [0.05, 0.1) is 5.69 Å². The number of nitrogens with zero attached hydrogens (tertiary/aromatic N) is 1. The largest absolute Gasteiger partial charge is 0.310 e. The zero-order valence-corrected chi connectivity index (χ0v) is 9.53. The monoisotopic (exact) mass is 215 g/mol. The Hall–Kier alpha value is -1.35. The van der Waals surface area contributed by atoms with Gasteiger partial charge in [0.15, 0.2) is 0 Å². The molecule has 0 saturated heterocycles. The summed E-state index contributed by atoms with van der Waals surface area (Å²) in [6.45, 7) is 3.17. The van der Waals surface area contributed by atoms with Crippen molar-refractivity contribution < 1.29 is 0 Å². The molecular weight excluding hydrogens is 198 g/mol. The SMILES string of the molecule is CC1Cc2[nH]nc(C3C=CC=CC3)c2CN1. The van der Waals surface area contributed by atoms with Crippen molar-refractivity contribution in [2.24, 2.45) is 0 Å². The van der Waals surface area contributed by atoms with Crippen LogP contribution in [0.1, 0.15) is 36.2 Å². The summed E-state index contributed by atoms with van der Waals surface area (Å²) in [6, 6.07) is 0.558.